The van der Waals surface area contributed by atoms with Crippen LogP contribution in [0.15, 0.2) is 91.4 Å². The summed E-state index contributed by atoms with van der Waals surface area (Å²) in [6.07, 6.45) is 3.96. The number of aromatic nitrogens is 5. The molecule has 0 aliphatic rings. The third kappa shape index (κ3) is 1.74. The minimum Gasteiger partial charge on any atom is -0.241 e. The summed E-state index contributed by atoms with van der Waals surface area (Å²) in [5.74, 6) is 0. The molecule has 5 nitrogen and oxygen atoms in total. The van der Waals surface area contributed by atoms with Crippen LogP contribution < -0.4 is 4.57 Å². The van der Waals surface area contributed by atoms with Gasteiger partial charge in [-0.3, -0.25) is 0 Å². The monoisotopic (exact) mass is 398 g/mol. The minimum atomic E-state index is 1.03. The van der Waals surface area contributed by atoms with E-state index in [0.29, 0.717) is 0 Å². The van der Waals surface area contributed by atoms with Gasteiger partial charge in [-0.25, -0.2) is 19.2 Å². The van der Waals surface area contributed by atoms with E-state index in [1.54, 1.807) is 0 Å². The number of aromatic amines is 1. The molecule has 31 heavy (non-hydrogen) atoms. The molecule has 0 amide bonds. The number of rotatable bonds is 1. The lowest BCUT2D eigenvalue weighted by molar-refractivity contribution is -0.536. The molecule has 0 radical (unpaired) electrons. The van der Waals surface area contributed by atoms with Gasteiger partial charge in [0.25, 0.3) is 0 Å². The largest absolute Gasteiger partial charge is 0.241 e. The first-order chi connectivity index (χ1) is 15.4. The highest BCUT2D eigenvalue weighted by molar-refractivity contribution is 6.32. The van der Waals surface area contributed by atoms with Crippen molar-refractivity contribution in [1.82, 2.24) is 19.2 Å². The van der Waals surface area contributed by atoms with Gasteiger partial charge < -0.3 is 0 Å². The normalized spacial score (nSPS) is 12.5. The van der Waals surface area contributed by atoms with E-state index in [1.807, 2.05) is 6.33 Å². The summed E-state index contributed by atoms with van der Waals surface area (Å²) in [6, 6.07) is 28.0. The molecule has 0 spiro atoms. The van der Waals surface area contributed by atoms with E-state index in [4.69, 9.17) is 4.98 Å². The molecular weight excluding hydrogens is 382 g/mol. The average Bonchev–Trinajstić information content (AvgIpc) is 3.35. The van der Waals surface area contributed by atoms with Gasteiger partial charge in [-0.2, -0.15) is 4.57 Å². The number of benzene rings is 4. The third-order valence-electron chi connectivity index (χ3n) is 6.58. The first-order valence-corrected chi connectivity index (χ1v) is 10.4. The number of H-pyrrole nitrogens is 1. The Bertz CT molecular complexity index is 1940. The van der Waals surface area contributed by atoms with Crippen LogP contribution in [0.1, 0.15) is 0 Å². The Balaban J connectivity index is 1.79. The first kappa shape index (κ1) is 15.5. The third-order valence-corrected chi connectivity index (χ3v) is 6.58. The molecule has 0 atom stereocenters. The van der Waals surface area contributed by atoms with Crippen molar-refractivity contribution < 1.29 is 4.57 Å². The van der Waals surface area contributed by atoms with Gasteiger partial charge >= 0.3 is 0 Å². The molecule has 0 saturated carbocycles. The smallest absolute Gasteiger partial charge is 0.238 e. The van der Waals surface area contributed by atoms with Crippen molar-refractivity contribution in [1.29, 1.82) is 0 Å². The van der Waals surface area contributed by atoms with Crippen molar-refractivity contribution >= 4 is 54.5 Å². The summed E-state index contributed by atoms with van der Waals surface area (Å²) in [6.45, 7) is 0. The fourth-order valence-electron chi connectivity index (χ4n) is 5.38. The van der Waals surface area contributed by atoms with Gasteiger partial charge in [0, 0.05) is 41.2 Å². The maximum absolute atomic E-state index is 4.81. The van der Waals surface area contributed by atoms with E-state index in [2.05, 4.69) is 104 Å². The first-order valence-electron chi connectivity index (χ1n) is 10.4. The number of hydrogen-bond acceptors (Lipinski definition) is 1. The SMILES string of the molecule is c1ccc(-[n+]2c3ccc4c5ccccc5c5ncn6[nH]n7cccc2c7c3c4c56)cc1. The van der Waals surface area contributed by atoms with Crippen LogP contribution in [0.2, 0.25) is 0 Å². The Morgan fingerprint density at radius 1 is 0.645 bits per heavy atom. The van der Waals surface area contributed by atoms with Crippen LogP contribution in [0, 0.1) is 0 Å². The van der Waals surface area contributed by atoms with Crippen LogP contribution in [0.3, 0.4) is 0 Å². The maximum Gasteiger partial charge on any atom is 0.238 e. The van der Waals surface area contributed by atoms with E-state index >= 15 is 0 Å². The van der Waals surface area contributed by atoms with Gasteiger partial charge in [0.15, 0.2) is 5.52 Å². The van der Waals surface area contributed by atoms with Gasteiger partial charge in [0.1, 0.15) is 11.8 Å². The Kier molecular flexibility index (Phi) is 2.60. The number of para-hydroxylation sites is 1. The molecule has 0 aliphatic heterocycles. The zero-order valence-electron chi connectivity index (χ0n) is 16.4. The molecule has 0 bridgehead atoms. The maximum atomic E-state index is 4.81. The number of fused-ring (bicyclic) bond motifs is 3. The molecule has 0 unspecified atom stereocenters. The van der Waals surface area contributed by atoms with Gasteiger partial charge in [-0.1, -0.05) is 42.5 Å². The molecule has 4 heterocycles. The minimum absolute atomic E-state index is 1.03. The molecule has 0 aliphatic carbocycles. The zero-order valence-corrected chi connectivity index (χ0v) is 16.4. The molecule has 5 heteroatoms. The van der Waals surface area contributed by atoms with Crippen LogP contribution in [0.5, 0.6) is 0 Å². The van der Waals surface area contributed by atoms with E-state index in [1.165, 1.54) is 43.5 Å². The van der Waals surface area contributed by atoms with Crippen LogP contribution in [0.25, 0.3) is 60.2 Å². The number of imidazole rings is 1. The van der Waals surface area contributed by atoms with Gasteiger partial charge in [-0.05, 0) is 22.9 Å². The summed E-state index contributed by atoms with van der Waals surface area (Å²) in [4.78, 5) is 4.81. The predicted octanol–water partition coefficient (Wildman–Crippen LogP) is 5.24. The second kappa shape index (κ2) is 5.21. The van der Waals surface area contributed by atoms with Crippen LogP contribution >= 0.6 is 0 Å². The Labute approximate surface area is 175 Å². The second-order valence-electron chi connectivity index (χ2n) is 8.12. The molecule has 8 rings (SSSR count). The van der Waals surface area contributed by atoms with E-state index < -0.39 is 0 Å². The lowest BCUT2D eigenvalue weighted by Crippen LogP contribution is -2.29. The highest BCUT2D eigenvalue weighted by Crippen LogP contribution is 2.40. The van der Waals surface area contributed by atoms with Gasteiger partial charge in [0.2, 0.25) is 16.7 Å². The topological polar surface area (TPSA) is 41.4 Å². The van der Waals surface area contributed by atoms with E-state index in [9.17, 15) is 0 Å². The zero-order chi connectivity index (χ0) is 20.1. The Morgan fingerprint density at radius 3 is 2.39 bits per heavy atom. The standard InChI is InChI=1S/C26H16N5/c1-2-7-16(8-3-1)31-20-13-12-18-17-9-4-5-10-19(17)24-26-22(18)23(20)25-21(31)11-6-14-29(25)28-30(26)15-27-24/h1-15,28H/q+1. The molecule has 4 aromatic heterocycles. The molecule has 1 N–H and O–H groups in total. The fraction of sp³-hybridized carbons (Fsp3) is 0. The Hall–Kier alpha value is -4.38. The highest BCUT2D eigenvalue weighted by Gasteiger charge is 2.28. The quantitative estimate of drug-likeness (QED) is 0.298. The molecule has 4 aromatic carbocycles. The molecule has 0 saturated heterocycles. The highest BCUT2D eigenvalue weighted by atomic mass is 15.4. The molecule has 144 valence electrons. The average molecular weight is 398 g/mol. The number of hydrogen-bond donors (Lipinski definition) is 1. The van der Waals surface area contributed by atoms with E-state index in [0.717, 1.165) is 16.7 Å². The molecule has 0 fully saturated rings. The summed E-state index contributed by atoms with van der Waals surface area (Å²) in [7, 11) is 0. The van der Waals surface area contributed by atoms with Crippen molar-refractivity contribution in [3.8, 4) is 5.69 Å². The van der Waals surface area contributed by atoms with Crippen LogP contribution in [-0.4, -0.2) is 19.2 Å². The van der Waals surface area contributed by atoms with Crippen molar-refractivity contribution in [3.05, 3.63) is 91.4 Å². The second-order valence-corrected chi connectivity index (χ2v) is 8.12. The summed E-state index contributed by atoms with van der Waals surface area (Å²) in [5.41, 5.74) is 6.84. The number of pyridine rings is 1. The Morgan fingerprint density at radius 2 is 1.48 bits per heavy atom. The predicted molar refractivity (Wildman–Crippen MR) is 123 cm³/mol. The van der Waals surface area contributed by atoms with E-state index in [-0.39, 0.29) is 0 Å². The summed E-state index contributed by atoms with van der Waals surface area (Å²) >= 11 is 0. The van der Waals surface area contributed by atoms with Crippen molar-refractivity contribution in [3.63, 3.8) is 0 Å². The molecule has 8 aromatic rings. The van der Waals surface area contributed by atoms with Crippen LogP contribution in [0.4, 0.5) is 0 Å². The lowest BCUT2D eigenvalue weighted by atomic mass is 9.97. The molecular formula is C26H16N5+. The summed E-state index contributed by atoms with van der Waals surface area (Å²) in [5, 5.41) is 9.72. The van der Waals surface area contributed by atoms with Gasteiger partial charge in [0.05, 0.1) is 10.9 Å². The van der Waals surface area contributed by atoms with Crippen molar-refractivity contribution in [2.45, 2.75) is 0 Å². The number of nitrogens with zero attached hydrogens (tertiary/aromatic N) is 4. The lowest BCUT2D eigenvalue weighted by Gasteiger charge is -2.06. The van der Waals surface area contributed by atoms with Crippen molar-refractivity contribution in [2.24, 2.45) is 0 Å². The van der Waals surface area contributed by atoms with Crippen LogP contribution in [-0.2, 0) is 0 Å². The number of nitrogens with one attached hydrogen (secondary N) is 1. The summed E-state index contributed by atoms with van der Waals surface area (Å²) < 4.78 is 6.52. The fourth-order valence-corrected chi connectivity index (χ4v) is 5.38. The van der Waals surface area contributed by atoms with Gasteiger partial charge in [-0.15, -0.1) is 0 Å². The van der Waals surface area contributed by atoms with Crippen molar-refractivity contribution in [2.75, 3.05) is 0 Å².